The van der Waals surface area contributed by atoms with Crippen molar-refractivity contribution in [2.75, 3.05) is 26.8 Å². The van der Waals surface area contributed by atoms with Gasteiger partial charge in [-0.2, -0.15) is 0 Å². The molecule has 116 valence electrons. The summed E-state index contributed by atoms with van der Waals surface area (Å²) in [5.74, 6) is 0.653. The molecule has 3 nitrogen and oxygen atoms in total. The predicted molar refractivity (Wildman–Crippen MR) is 84.7 cm³/mol. The summed E-state index contributed by atoms with van der Waals surface area (Å²) in [5, 5.41) is 3.55. The molecule has 0 fully saturated rings. The molecule has 0 aliphatic carbocycles. The van der Waals surface area contributed by atoms with E-state index in [0.29, 0.717) is 24.0 Å². The number of hydrogen-bond acceptors (Lipinski definition) is 3. The Balaban J connectivity index is 4.53. The molecule has 0 radical (unpaired) electrons. The maximum Gasteiger partial charge on any atom is 0.0589 e. The first-order valence-electron chi connectivity index (χ1n) is 7.95. The van der Waals surface area contributed by atoms with Crippen LogP contribution in [0.3, 0.4) is 0 Å². The van der Waals surface area contributed by atoms with E-state index in [2.05, 4.69) is 51.8 Å². The van der Waals surface area contributed by atoms with Crippen LogP contribution in [0.2, 0.25) is 0 Å². The summed E-state index contributed by atoms with van der Waals surface area (Å²) in [6.45, 7) is 16.7. The van der Waals surface area contributed by atoms with Crippen molar-refractivity contribution in [2.24, 2.45) is 5.92 Å². The fourth-order valence-corrected chi connectivity index (χ4v) is 2.59. The fraction of sp³-hybridized carbons (Fsp3) is 1.00. The molecule has 0 aromatic carbocycles. The summed E-state index contributed by atoms with van der Waals surface area (Å²) in [5.41, 5.74) is 0. The van der Waals surface area contributed by atoms with Crippen molar-refractivity contribution in [3.8, 4) is 0 Å². The second kappa shape index (κ2) is 10.6. The lowest BCUT2D eigenvalue weighted by Gasteiger charge is -2.39. The largest absolute Gasteiger partial charge is 0.383 e. The van der Waals surface area contributed by atoms with Crippen LogP contribution in [-0.2, 0) is 4.74 Å². The fourth-order valence-electron chi connectivity index (χ4n) is 2.59. The van der Waals surface area contributed by atoms with Crippen molar-refractivity contribution >= 4 is 0 Å². The lowest BCUT2D eigenvalue weighted by Crippen LogP contribution is -2.48. The third-order valence-corrected chi connectivity index (χ3v) is 4.16. The molecular formula is C16H36N2O. The van der Waals surface area contributed by atoms with Crippen molar-refractivity contribution in [2.45, 2.75) is 72.5 Å². The third-order valence-electron chi connectivity index (χ3n) is 4.16. The van der Waals surface area contributed by atoms with Gasteiger partial charge in [0.2, 0.25) is 0 Å². The number of hydrogen-bond donors (Lipinski definition) is 1. The molecule has 0 amide bonds. The van der Waals surface area contributed by atoms with Gasteiger partial charge < -0.3 is 10.1 Å². The summed E-state index contributed by atoms with van der Waals surface area (Å²) >= 11 is 0. The van der Waals surface area contributed by atoms with Crippen molar-refractivity contribution in [3.63, 3.8) is 0 Å². The SMILES string of the molecule is CCC(CC)N(CCOC)C(C)C(C)CNC(C)C. The Morgan fingerprint density at radius 1 is 1.05 bits per heavy atom. The molecular weight excluding hydrogens is 236 g/mol. The molecule has 0 bridgehead atoms. The van der Waals surface area contributed by atoms with Crippen LogP contribution in [0.1, 0.15) is 54.4 Å². The van der Waals surface area contributed by atoms with Crippen molar-refractivity contribution in [1.29, 1.82) is 0 Å². The van der Waals surface area contributed by atoms with E-state index < -0.39 is 0 Å². The van der Waals surface area contributed by atoms with Crippen LogP contribution in [-0.4, -0.2) is 49.8 Å². The second-order valence-corrected chi connectivity index (χ2v) is 5.98. The van der Waals surface area contributed by atoms with Crippen LogP contribution in [0.25, 0.3) is 0 Å². The summed E-state index contributed by atoms with van der Waals surface area (Å²) in [6.07, 6.45) is 2.43. The average molecular weight is 272 g/mol. The molecule has 0 heterocycles. The Kier molecular flexibility index (Phi) is 10.6. The van der Waals surface area contributed by atoms with E-state index in [4.69, 9.17) is 4.74 Å². The minimum absolute atomic E-state index is 0.565. The number of rotatable bonds is 11. The van der Waals surface area contributed by atoms with Gasteiger partial charge in [-0.05, 0) is 32.2 Å². The molecule has 3 heteroatoms. The first kappa shape index (κ1) is 18.9. The number of ether oxygens (including phenoxy) is 1. The van der Waals surface area contributed by atoms with Crippen LogP contribution in [0.15, 0.2) is 0 Å². The maximum absolute atomic E-state index is 5.28. The Morgan fingerprint density at radius 2 is 1.63 bits per heavy atom. The lowest BCUT2D eigenvalue weighted by molar-refractivity contribution is 0.0640. The molecule has 0 aliphatic rings. The van der Waals surface area contributed by atoms with E-state index in [1.54, 1.807) is 7.11 Å². The number of methoxy groups -OCH3 is 1. The molecule has 0 saturated heterocycles. The molecule has 2 unspecified atom stereocenters. The van der Waals surface area contributed by atoms with Crippen LogP contribution >= 0.6 is 0 Å². The molecule has 0 spiro atoms. The zero-order valence-corrected chi connectivity index (χ0v) is 14.2. The zero-order valence-electron chi connectivity index (χ0n) is 14.2. The van der Waals surface area contributed by atoms with E-state index in [1.807, 2.05) is 0 Å². The number of nitrogens with zero attached hydrogens (tertiary/aromatic N) is 1. The van der Waals surface area contributed by atoms with Gasteiger partial charge >= 0.3 is 0 Å². The highest BCUT2D eigenvalue weighted by Gasteiger charge is 2.24. The molecule has 0 aromatic heterocycles. The Labute approximate surface area is 121 Å². The van der Waals surface area contributed by atoms with Gasteiger partial charge in [0, 0.05) is 31.8 Å². The van der Waals surface area contributed by atoms with Gasteiger partial charge in [-0.3, -0.25) is 4.90 Å². The van der Waals surface area contributed by atoms with Gasteiger partial charge in [0.1, 0.15) is 0 Å². The molecule has 0 rings (SSSR count). The quantitative estimate of drug-likeness (QED) is 0.625. The van der Waals surface area contributed by atoms with Crippen molar-refractivity contribution in [1.82, 2.24) is 10.2 Å². The summed E-state index contributed by atoms with van der Waals surface area (Å²) in [6, 6.07) is 1.83. The topological polar surface area (TPSA) is 24.5 Å². The van der Waals surface area contributed by atoms with Gasteiger partial charge in [0.05, 0.1) is 6.61 Å². The average Bonchev–Trinajstić information content (AvgIpc) is 2.40. The van der Waals surface area contributed by atoms with E-state index >= 15 is 0 Å². The molecule has 1 N–H and O–H groups in total. The highest BCUT2D eigenvalue weighted by atomic mass is 16.5. The van der Waals surface area contributed by atoms with Crippen LogP contribution in [0, 0.1) is 5.92 Å². The van der Waals surface area contributed by atoms with Gasteiger partial charge in [-0.15, -0.1) is 0 Å². The van der Waals surface area contributed by atoms with E-state index in [1.165, 1.54) is 12.8 Å². The van der Waals surface area contributed by atoms with E-state index in [-0.39, 0.29) is 0 Å². The molecule has 2 atom stereocenters. The van der Waals surface area contributed by atoms with Gasteiger partial charge in [-0.25, -0.2) is 0 Å². The minimum atomic E-state index is 0.565. The normalized spacial score (nSPS) is 15.5. The Morgan fingerprint density at radius 3 is 2.05 bits per heavy atom. The van der Waals surface area contributed by atoms with Crippen molar-refractivity contribution in [3.05, 3.63) is 0 Å². The molecule has 19 heavy (non-hydrogen) atoms. The smallest absolute Gasteiger partial charge is 0.0589 e. The van der Waals surface area contributed by atoms with Gasteiger partial charge in [-0.1, -0.05) is 34.6 Å². The first-order valence-corrected chi connectivity index (χ1v) is 7.95. The molecule has 0 aliphatic heterocycles. The summed E-state index contributed by atoms with van der Waals surface area (Å²) in [4.78, 5) is 2.64. The van der Waals surface area contributed by atoms with Gasteiger partial charge in [0.15, 0.2) is 0 Å². The molecule has 0 saturated carbocycles. The summed E-state index contributed by atoms with van der Waals surface area (Å²) in [7, 11) is 1.79. The number of nitrogens with one attached hydrogen (secondary N) is 1. The van der Waals surface area contributed by atoms with E-state index in [9.17, 15) is 0 Å². The Hall–Kier alpha value is -0.120. The van der Waals surface area contributed by atoms with Gasteiger partial charge in [0.25, 0.3) is 0 Å². The summed E-state index contributed by atoms with van der Waals surface area (Å²) < 4.78 is 5.28. The standard InChI is InChI=1S/C16H36N2O/c1-8-16(9-2)18(10-11-19-7)15(6)14(5)12-17-13(3)4/h13-17H,8-12H2,1-7H3. The highest BCUT2D eigenvalue weighted by Crippen LogP contribution is 2.18. The van der Waals surface area contributed by atoms with Crippen LogP contribution in [0.4, 0.5) is 0 Å². The second-order valence-electron chi connectivity index (χ2n) is 5.98. The molecule has 0 aromatic rings. The third kappa shape index (κ3) is 7.28. The zero-order chi connectivity index (χ0) is 14.8. The maximum atomic E-state index is 5.28. The first-order chi connectivity index (χ1) is 8.97. The van der Waals surface area contributed by atoms with Crippen molar-refractivity contribution < 1.29 is 4.74 Å². The van der Waals surface area contributed by atoms with Crippen LogP contribution in [0.5, 0.6) is 0 Å². The predicted octanol–water partition coefficient (Wildman–Crippen LogP) is 3.15. The van der Waals surface area contributed by atoms with E-state index in [0.717, 1.165) is 19.7 Å². The minimum Gasteiger partial charge on any atom is -0.383 e. The van der Waals surface area contributed by atoms with Crippen LogP contribution < -0.4 is 5.32 Å². The Bertz CT molecular complexity index is 205. The lowest BCUT2D eigenvalue weighted by atomic mass is 9.98. The monoisotopic (exact) mass is 272 g/mol. The highest BCUT2D eigenvalue weighted by molar-refractivity contribution is 4.80.